The third-order valence-corrected chi connectivity index (χ3v) is 13.0. The van der Waals surface area contributed by atoms with Crippen molar-refractivity contribution in [2.75, 3.05) is 9.80 Å². The zero-order valence-electron chi connectivity index (χ0n) is 33.5. The molecule has 10 rings (SSSR count). The molecule has 58 heavy (non-hydrogen) atoms. The van der Waals surface area contributed by atoms with Crippen LogP contribution in [0.3, 0.4) is 0 Å². The van der Waals surface area contributed by atoms with Gasteiger partial charge >= 0.3 is 0 Å². The number of benzene rings is 8. The van der Waals surface area contributed by atoms with Gasteiger partial charge in [-0.25, -0.2) is 0 Å². The first-order valence-electron chi connectivity index (χ1n) is 21.1. The van der Waals surface area contributed by atoms with Crippen LogP contribution in [-0.2, 0) is 0 Å². The SMILES string of the molecule is Cc1ccc(C2CC(c3ccc(N(c4ccccc4)c4ccc(N(c5ccccc5)c5ccc(C6CC(c7ccc(C)cc7)C6)cc5)c5ccccc45)cc3)C2)cc1. The van der Waals surface area contributed by atoms with Crippen LogP contribution in [0.25, 0.3) is 10.8 Å². The summed E-state index contributed by atoms with van der Waals surface area (Å²) in [5, 5.41) is 2.42. The number of nitrogens with zero attached hydrogens (tertiary/aromatic N) is 2. The fourth-order valence-electron chi connectivity index (χ4n) is 9.46. The van der Waals surface area contributed by atoms with Gasteiger partial charge in [0.25, 0.3) is 0 Å². The molecular formula is C56H50N2. The summed E-state index contributed by atoms with van der Waals surface area (Å²) in [4.78, 5) is 4.85. The lowest BCUT2D eigenvalue weighted by atomic mass is 9.68. The van der Waals surface area contributed by atoms with Crippen molar-refractivity contribution in [3.63, 3.8) is 0 Å². The van der Waals surface area contributed by atoms with E-state index in [-0.39, 0.29) is 0 Å². The minimum atomic E-state index is 0.605. The lowest BCUT2D eigenvalue weighted by molar-refractivity contribution is 0.351. The molecule has 0 atom stereocenters. The molecule has 0 spiro atoms. The van der Waals surface area contributed by atoms with E-state index in [0.29, 0.717) is 23.7 Å². The summed E-state index contributed by atoms with van der Waals surface area (Å²) in [5.41, 5.74) is 15.4. The lowest BCUT2D eigenvalue weighted by Gasteiger charge is -2.36. The third kappa shape index (κ3) is 6.98. The van der Waals surface area contributed by atoms with Crippen LogP contribution in [0, 0.1) is 13.8 Å². The number of aryl methyl sites for hydroxylation is 2. The molecule has 2 fully saturated rings. The topological polar surface area (TPSA) is 6.48 Å². The van der Waals surface area contributed by atoms with Crippen LogP contribution in [0.5, 0.6) is 0 Å². The molecule has 8 aromatic carbocycles. The highest BCUT2D eigenvalue weighted by molar-refractivity contribution is 6.07. The van der Waals surface area contributed by atoms with Gasteiger partial charge in [-0.15, -0.1) is 0 Å². The highest BCUT2D eigenvalue weighted by Gasteiger charge is 2.33. The van der Waals surface area contributed by atoms with Gasteiger partial charge in [0.1, 0.15) is 0 Å². The van der Waals surface area contributed by atoms with Gasteiger partial charge in [0.2, 0.25) is 0 Å². The van der Waals surface area contributed by atoms with Crippen molar-refractivity contribution in [1.82, 2.24) is 0 Å². The number of para-hydroxylation sites is 2. The van der Waals surface area contributed by atoms with Gasteiger partial charge in [-0.3, -0.25) is 0 Å². The Morgan fingerprint density at radius 1 is 0.293 bits per heavy atom. The highest BCUT2D eigenvalue weighted by atomic mass is 15.2. The first-order valence-corrected chi connectivity index (χ1v) is 21.1. The second kappa shape index (κ2) is 15.5. The summed E-state index contributed by atoms with van der Waals surface area (Å²) in [5.74, 6) is 2.52. The fraction of sp³-hybridized carbons (Fsp3) is 0.179. The average molecular weight is 751 g/mol. The Balaban J connectivity index is 0.969. The largest absolute Gasteiger partial charge is 0.310 e. The maximum absolute atomic E-state index is 2.43. The van der Waals surface area contributed by atoms with Crippen LogP contribution in [0.15, 0.2) is 194 Å². The van der Waals surface area contributed by atoms with Gasteiger partial charge in [0.05, 0.1) is 11.4 Å². The molecule has 2 saturated carbocycles. The zero-order valence-corrected chi connectivity index (χ0v) is 33.5. The van der Waals surface area contributed by atoms with Crippen LogP contribution >= 0.6 is 0 Å². The standard InChI is InChI=1S/C56H50N2/c1-39-17-21-41(22-18-39)45-35-47(36-45)43-25-29-51(30-26-43)57(49-11-5-3-6-12-49)55-33-34-56(54-16-10-9-15-53(54)55)58(50-13-7-4-8-14-50)52-31-27-44(28-32-52)48-37-46(38-48)42-23-19-40(2)20-24-42/h3-34,45-48H,35-38H2,1-2H3. The van der Waals surface area contributed by atoms with Crippen molar-refractivity contribution in [3.05, 3.63) is 228 Å². The van der Waals surface area contributed by atoms with Crippen molar-refractivity contribution in [2.45, 2.75) is 63.2 Å². The Hall–Kier alpha value is -6.38. The zero-order chi connectivity index (χ0) is 39.0. The average Bonchev–Trinajstić information content (AvgIpc) is 3.24. The number of rotatable bonds is 10. The molecule has 0 unspecified atom stereocenters. The summed E-state index contributed by atoms with van der Waals surface area (Å²) >= 11 is 0. The molecule has 8 aromatic rings. The van der Waals surface area contributed by atoms with Crippen LogP contribution in [-0.4, -0.2) is 0 Å². The van der Waals surface area contributed by atoms with E-state index in [1.165, 1.54) is 81.2 Å². The van der Waals surface area contributed by atoms with E-state index in [2.05, 4.69) is 218 Å². The van der Waals surface area contributed by atoms with Gasteiger partial charge in [0.15, 0.2) is 0 Å². The Labute approximate surface area is 344 Å². The van der Waals surface area contributed by atoms with Crippen molar-refractivity contribution in [3.8, 4) is 0 Å². The summed E-state index contributed by atoms with van der Waals surface area (Å²) in [7, 11) is 0. The van der Waals surface area contributed by atoms with Crippen molar-refractivity contribution < 1.29 is 0 Å². The molecule has 2 aliphatic carbocycles. The van der Waals surface area contributed by atoms with E-state index in [9.17, 15) is 0 Å². The number of anilines is 6. The van der Waals surface area contributed by atoms with E-state index in [1.807, 2.05) is 0 Å². The monoisotopic (exact) mass is 750 g/mol. The molecule has 0 amide bonds. The Morgan fingerprint density at radius 2 is 0.569 bits per heavy atom. The van der Waals surface area contributed by atoms with Gasteiger partial charge < -0.3 is 9.80 Å². The smallest absolute Gasteiger partial charge is 0.0541 e. The molecule has 0 saturated heterocycles. The van der Waals surface area contributed by atoms with Crippen LogP contribution < -0.4 is 9.80 Å². The minimum absolute atomic E-state index is 0.605. The lowest BCUT2D eigenvalue weighted by Crippen LogP contribution is -2.20. The second-order valence-corrected chi connectivity index (χ2v) is 16.7. The van der Waals surface area contributed by atoms with Crippen molar-refractivity contribution in [2.24, 2.45) is 0 Å². The summed E-state index contributed by atoms with van der Waals surface area (Å²) in [6, 6.07) is 72.2. The first-order chi connectivity index (χ1) is 28.6. The molecule has 2 nitrogen and oxygen atoms in total. The molecule has 0 radical (unpaired) electrons. The Morgan fingerprint density at radius 3 is 0.897 bits per heavy atom. The second-order valence-electron chi connectivity index (χ2n) is 16.7. The van der Waals surface area contributed by atoms with E-state index in [0.717, 1.165) is 22.7 Å². The van der Waals surface area contributed by atoms with Gasteiger partial charge in [-0.2, -0.15) is 0 Å². The molecule has 0 bridgehead atoms. The molecule has 0 aliphatic heterocycles. The van der Waals surface area contributed by atoms with Gasteiger partial charge in [-0.1, -0.05) is 145 Å². The normalized spacial score (nSPS) is 18.6. The summed E-state index contributed by atoms with van der Waals surface area (Å²) < 4.78 is 0. The first kappa shape index (κ1) is 36.0. The van der Waals surface area contributed by atoms with E-state index >= 15 is 0 Å². The molecule has 2 aliphatic rings. The predicted molar refractivity (Wildman–Crippen MR) is 245 cm³/mol. The Kier molecular flexibility index (Phi) is 9.63. The molecular weight excluding hydrogens is 701 g/mol. The highest BCUT2D eigenvalue weighted by Crippen LogP contribution is 2.50. The molecule has 284 valence electrons. The quantitative estimate of drug-likeness (QED) is 0.137. The van der Waals surface area contributed by atoms with Gasteiger partial charge in [0, 0.05) is 33.5 Å². The van der Waals surface area contributed by atoms with E-state index < -0.39 is 0 Å². The number of fused-ring (bicyclic) bond motifs is 1. The maximum atomic E-state index is 2.43. The van der Waals surface area contributed by atoms with Crippen molar-refractivity contribution in [1.29, 1.82) is 0 Å². The molecule has 0 heterocycles. The van der Waals surface area contributed by atoms with Crippen molar-refractivity contribution >= 4 is 44.9 Å². The van der Waals surface area contributed by atoms with Gasteiger partial charge in [-0.05, 0) is 146 Å². The Bertz CT molecular complexity index is 2430. The third-order valence-electron chi connectivity index (χ3n) is 13.0. The van der Waals surface area contributed by atoms with Crippen LogP contribution in [0.4, 0.5) is 34.1 Å². The molecule has 0 N–H and O–H groups in total. The predicted octanol–water partition coefficient (Wildman–Crippen LogP) is 15.7. The maximum Gasteiger partial charge on any atom is 0.0541 e. The minimum Gasteiger partial charge on any atom is -0.310 e. The summed E-state index contributed by atoms with van der Waals surface area (Å²) in [6.07, 6.45) is 4.86. The number of hydrogen-bond acceptors (Lipinski definition) is 2. The van der Waals surface area contributed by atoms with Crippen LogP contribution in [0.1, 0.15) is 82.7 Å². The summed E-state index contributed by atoms with van der Waals surface area (Å²) in [6.45, 7) is 4.33. The molecule has 0 aromatic heterocycles. The van der Waals surface area contributed by atoms with E-state index in [4.69, 9.17) is 0 Å². The fourth-order valence-corrected chi connectivity index (χ4v) is 9.46. The van der Waals surface area contributed by atoms with E-state index in [1.54, 1.807) is 0 Å². The molecule has 2 heteroatoms. The number of hydrogen-bond donors (Lipinski definition) is 0. The van der Waals surface area contributed by atoms with Crippen LogP contribution in [0.2, 0.25) is 0 Å².